The first kappa shape index (κ1) is 13.1. The van der Waals surface area contributed by atoms with E-state index >= 15 is 0 Å². The van der Waals surface area contributed by atoms with E-state index in [1.54, 1.807) is 0 Å². The van der Waals surface area contributed by atoms with E-state index in [4.69, 9.17) is 0 Å². The van der Waals surface area contributed by atoms with Crippen LogP contribution in [0.3, 0.4) is 0 Å². The van der Waals surface area contributed by atoms with Crippen LogP contribution in [0.25, 0.3) is 10.8 Å². The summed E-state index contributed by atoms with van der Waals surface area (Å²) in [6.07, 6.45) is 6.38. The highest BCUT2D eigenvalue weighted by atomic mass is 16.2. The predicted octanol–water partition coefficient (Wildman–Crippen LogP) is 3.54. The molecule has 0 N–H and O–H groups in total. The molecule has 114 valence electrons. The smallest absolute Gasteiger partial charge is 0.238 e. The third-order valence-corrected chi connectivity index (χ3v) is 5.75. The molecule has 4 atom stereocenters. The third-order valence-electron chi connectivity index (χ3n) is 5.75. The van der Waals surface area contributed by atoms with Crippen LogP contribution in [-0.4, -0.2) is 11.8 Å². The Morgan fingerprint density at radius 1 is 0.783 bits per heavy atom. The van der Waals surface area contributed by atoms with Crippen molar-refractivity contribution >= 4 is 28.3 Å². The van der Waals surface area contributed by atoms with E-state index in [1.807, 2.05) is 42.5 Å². The van der Waals surface area contributed by atoms with Crippen LogP contribution in [0.5, 0.6) is 0 Å². The van der Waals surface area contributed by atoms with Crippen LogP contribution >= 0.6 is 0 Å². The van der Waals surface area contributed by atoms with E-state index in [0.717, 1.165) is 23.6 Å². The number of carbonyl (C=O) groups is 2. The molecule has 2 aromatic carbocycles. The second kappa shape index (κ2) is 4.54. The number of benzene rings is 2. The van der Waals surface area contributed by atoms with Crippen LogP contribution in [0.1, 0.15) is 12.8 Å². The SMILES string of the molecule is O=C1[C@@H]2[C@@H](C(=O)N1c1ccc3ccccc3c1)[C@H]1C=C[C@H]2CC1. The molecule has 3 heteroatoms. The Kier molecular flexibility index (Phi) is 2.58. The summed E-state index contributed by atoms with van der Waals surface area (Å²) in [6.45, 7) is 0. The minimum Gasteiger partial charge on any atom is -0.274 e. The van der Waals surface area contributed by atoms with E-state index in [2.05, 4.69) is 12.2 Å². The summed E-state index contributed by atoms with van der Waals surface area (Å²) < 4.78 is 0. The van der Waals surface area contributed by atoms with Crippen LogP contribution in [0.4, 0.5) is 5.69 Å². The summed E-state index contributed by atoms with van der Waals surface area (Å²) in [6, 6.07) is 13.9. The molecule has 2 fully saturated rings. The molecule has 6 rings (SSSR count). The van der Waals surface area contributed by atoms with E-state index in [9.17, 15) is 9.59 Å². The van der Waals surface area contributed by atoms with Gasteiger partial charge in [0, 0.05) is 0 Å². The number of rotatable bonds is 1. The summed E-state index contributed by atoms with van der Waals surface area (Å²) >= 11 is 0. The van der Waals surface area contributed by atoms with Gasteiger partial charge in [-0.3, -0.25) is 9.59 Å². The van der Waals surface area contributed by atoms with Gasteiger partial charge in [-0.05, 0) is 47.6 Å². The molecule has 2 amide bonds. The van der Waals surface area contributed by atoms with Crippen molar-refractivity contribution in [2.24, 2.45) is 23.7 Å². The van der Waals surface area contributed by atoms with Gasteiger partial charge in [-0.15, -0.1) is 0 Å². The monoisotopic (exact) mass is 303 g/mol. The average Bonchev–Trinajstić information content (AvgIpc) is 2.89. The van der Waals surface area contributed by atoms with Crippen LogP contribution in [0, 0.1) is 23.7 Å². The van der Waals surface area contributed by atoms with Crippen molar-refractivity contribution in [1.29, 1.82) is 0 Å². The zero-order valence-electron chi connectivity index (χ0n) is 12.7. The lowest BCUT2D eigenvalue weighted by Crippen LogP contribution is -2.38. The summed E-state index contributed by atoms with van der Waals surface area (Å²) in [5.41, 5.74) is 0.715. The number of fused-ring (bicyclic) bond motifs is 2. The van der Waals surface area contributed by atoms with Crippen LogP contribution in [-0.2, 0) is 9.59 Å². The van der Waals surface area contributed by atoms with Gasteiger partial charge in [-0.25, -0.2) is 4.90 Å². The average molecular weight is 303 g/mol. The second-order valence-corrected chi connectivity index (χ2v) is 6.88. The molecule has 0 radical (unpaired) electrons. The van der Waals surface area contributed by atoms with Gasteiger partial charge in [0.2, 0.25) is 11.8 Å². The Labute approximate surface area is 134 Å². The van der Waals surface area contributed by atoms with Gasteiger partial charge in [0.1, 0.15) is 0 Å². The quantitative estimate of drug-likeness (QED) is 0.597. The summed E-state index contributed by atoms with van der Waals surface area (Å²) in [4.78, 5) is 27.3. The number of hydrogen-bond acceptors (Lipinski definition) is 2. The lowest BCUT2D eigenvalue weighted by Gasteiger charge is -2.38. The zero-order valence-corrected chi connectivity index (χ0v) is 12.7. The van der Waals surface area contributed by atoms with E-state index in [1.165, 1.54) is 4.90 Å². The first-order chi connectivity index (χ1) is 11.2. The van der Waals surface area contributed by atoms with Gasteiger partial charge in [0.25, 0.3) is 0 Å². The van der Waals surface area contributed by atoms with E-state index in [-0.39, 0.29) is 35.5 Å². The number of anilines is 1. The number of imide groups is 1. The second-order valence-electron chi connectivity index (χ2n) is 6.88. The van der Waals surface area contributed by atoms with Gasteiger partial charge in [-0.2, -0.15) is 0 Å². The lowest BCUT2D eigenvalue weighted by atomic mass is 9.63. The van der Waals surface area contributed by atoms with Gasteiger partial charge in [0.15, 0.2) is 0 Å². The topological polar surface area (TPSA) is 37.4 Å². The Balaban J connectivity index is 1.60. The molecule has 23 heavy (non-hydrogen) atoms. The number of hydrogen-bond donors (Lipinski definition) is 0. The molecule has 3 nitrogen and oxygen atoms in total. The molecule has 1 saturated heterocycles. The predicted molar refractivity (Wildman–Crippen MR) is 88.8 cm³/mol. The van der Waals surface area contributed by atoms with E-state index in [0.29, 0.717) is 5.69 Å². The standard InChI is InChI=1S/C20H17NO2/c22-19-17-13-5-6-14(8-7-13)18(17)20(23)21(19)16-10-9-12-3-1-2-4-15(12)11-16/h1-6,9-11,13-14,17-18H,7-8H2/t13-,14-,17-,18-/m0/s1. The largest absolute Gasteiger partial charge is 0.274 e. The number of nitrogens with zero attached hydrogens (tertiary/aromatic N) is 1. The summed E-state index contributed by atoms with van der Waals surface area (Å²) in [5, 5.41) is 2.18. The Hall–Kier alpha value is -2.42. The van der Waals surface area contributed by atoms with Crippen molar-refractivity contribution in [2.45, 2.75) is 12.8 Å². The van der Waals surface area contributed by atoms with Crippen LogP contribution in [0.2, 0.25) is 0 Å². The fourth-order valence-electron chi connectivity index (χ4n) is 4.64. The number of allylic oxidation sites excluding steroid dienone is 2. The van der Waals surface area contributed by atoms with Crippen LogP contribution in [0.15, 0.2) is 54.6 Å². The first-order valence-electron chi connectivity index (χ1n) is 8.29. The minimum atomic E-state index is -0.141. The molecule has 1 aliphatic heterocycles. The molecule has 0 spiro atoms. The maximum absolute atomic E-state index is 12.9. The van der Waals surface area contributed by atoms with Gasteiger partial charge < -0.3 is 0 Å². The zero-order chi connectivity index (χ0) is 15.6. The third kappa shape index (κ3) is 1.70. The van der Waals surface area contributed by atoms with Crippen molar-refractivity contribution in [3.63, 3.8) is 0 Å². The first-order valence-corrected chi connectivity index (χ1v) is 8.29. The van der Waals surface area contributed by atoms with Gasteiger partial charge in [-0.1, -0.05) is 42.5 Å². The van der Waals surface area contributed by atoms with Crippen molar-refractivity contribution in [3.8, 4) is 0 Å². The van der Waals surface area contributed by atoms with Crippen LogP contribution < -0.4 is 4.90 Å². The number of amides is 2. The molecule has 0 aromatic heterocycles. The molecule has 2 bridgehead atoms. The molecule has 2 aromatic rings. The molecule has 1 heterocycles. The molecule has 4 aliphatic rings. The van der Waals surface area contributed by atoms with Gasteiger partial charge >= 0.3 is 0 Å². The summed E-state index contributed by atoms with van der Waals surface area (Å²) in [5.74, 6) is 0.193. The molecule has 1 saturated carbocycles. The molecule has 0 unspecified atom stereocenters. The Morgan fingerprint density at radius 3 is 2.00 bits per heavy atom. The highest BCUT2D eigenvalue weighted by Crippen LogP contribution is 2.50. The lowest BCUT2D eigenvalue weighted by molar-refractivity contribution is -0.124. The fourth-order valence-corrected chi connectivity index (χ4v) is 4.64. The molecule has 3 aliphatic carbocycles. The number of carbonyl (C=O) groups excluding carboxylic acids is 2. The highest BCUT2D eigenvalue weighted by molar-refractivity contribution is 6.23. The highest BCUT2D eigenvalue weighted by Gasteiger charge is 2.56. The fraction of sp³-hybridized carbons (Fsp3) is 0.300. The molecular formula is C20H17NO2. The van der Waals surface area contributed by atoms with Crippen molar-refractivity contribution in [2.75, 3.05) is 4.90 Å². The normalized spacial score (nSPS) is 31.9. The maximum atomic E-state index is 12.9. The van der Waals surface area contributed by atoms with E-state index < -0.39 is 0 Å². The van der Waals surface area contributed by atoms with Crippen molar-refractivity contribution in [1.82, 2.24) is 0 Å². The summed E-state index contributed by atoms with van der Waals surface area (Å²) in [7, 11) is 0. The maximum Gasteiger partial charge on any atom is 0.238 e. The minimum absolute atomic E-state index is 0.00525. The Bertz CT molecular complexity index is 837. The molecular weight excluding hydrogens is 286 g/mol. The van der Waals surface area contributed by atoms with Crippen molar-refractivity contribution < 1.29 is 9.59 Å². The van der Waals surface area contributed by atoms with Gasteiger partial charge in [0.05, 0.1) is 17.5 Å². The Morgan fingerprint density at radius 2 is 1.39 bits per heavy atom. The van der Waals surface area contributed by atoms with Crippen molar-refractivity contribution in [3.05, 3.63) is 54.6 Å².